The molecule has 1 N–H and O–H groups in total. The Morgan fingerprint density at radius 1 is 1.06 bits per heavy atom. The van der Waals surface area contributed by atoms with Crippen LogP contribution in [-0.2, 0) is 26.2 Å². The van der Waals surface area contributed by atoms with Crippen molar-refractivity contribution in [1.29, 1.82) is 0 Å². The average molecular weight is 491 g/mol. The number of anilines is 1. The first-order valence-corrected chi connectivity index (χ1v) is 12.6. The van der Waals surface area contributed by atoms with Gasteiger partial charge in [-0.2, -0.15) is 0 Å². The van der Waals surface area contributed by atoms with Crippen LogP contribution in [0.5, 0.6) is 0 Å². The third-order valence-electron chi connectivity index (χ3n) is 5.06. The van der Waals surface area contributed by atoms with Gasteiger partial charge in [-0.15, -0.1) is 0 Å². The van der Waals surface area contributed by atoms with E-state index >= 15 is 0 Å². The molecule has 0 fully saturated rings. The molecule has 2 aromatic rings. The normalized spacial score (nSPS) is 12.1. The summed E-state index contributed by atoms with van der Waals surface area (Å²) in [4.78, 5) is 37.9. The van der Waals surface area contributed by atoms with Crippen LogP contribution < -0.4 is 9.62 Å². The lowest BCUT2D eigenvalue weighted by Gasteiger charge is -2.31. The number of nitro groups is 1. The van der Waals surface area contributed by atoms with Crippen molar-refractivity contribution in [1.82, 2.24) is 10.2 Å². The number of nitro benzene ring substituents is 1. The van der Waals surface area contributed by atoms with E-state index in [9.17, 15) is 28.1 Å². The SMILES string of the molecule is CC(C)CNC(=O)[C@H](C)N(Cc1ccccc1)C(=O)CN(c1cccc([N+](=O)[O-])c1)S(C)(=O)=O. The van der Waals surface area contributed by atoms with Gasteiger partial charge in [0.1, 0.15) is 12.6 Å². The van der Waals surface area contributed by atoms with Crippen LogP contribution in [0.25, 0.3) is 0 Å². The molecule has 0 saturated carbocycles. The summed E-state index contributed by atoms with van der Waals surface area (Å²) >= 11 is 0. The van der Waals surface area contributed by atoms with Gasteiger partial charge >= 0.3 is 0 Å². The molecule has 184 valence electrons. The van der Waals surface area contributed by atoms with Crippen LogP contribution in [0.1, 0.15) is 26.3 Å². The molecule has 34 heavy (non-hydrogen) atoms. The highest BCUT2D eigenvalue weighted by atomic mass is 32.2. The van der Waals surface area contributed by atoms with Crippen LogP contribution in [0.2, 0.25) is 0 Å². The summed E-state index contributed by atoms with van der Waals surface area (Å²) in [5.41, 5.74) is 0.448. The molecule has 0 aromatic heterocycles. The summed E-state index contributed by atoms with van der Waals surface area (Å²) in [5.74, 6) is -0.767. The van der Waals surface area contributed by atoms with Crippen LogP contribution in [-0.4, -0.2) is 55.4 Å². The van der Waals surface area contributed by atoms with Crippen LogP contribution in [0.4, 0.5) is 11.4 Å². The predicted molar refractivity (Wildman–Crippen MR) is 130 cm³/mol. The highest BCUT2D eigenvalue weighted by Gasteiger charge is 2.30. The van der Waals surface area contributed by atoms with Gasteiger partial charge in [-0.3, -0.25) is 24.0 Å². The summed E-state index contributed by atoms with van der Waals surface area (Å²) in [6.45, 7) is 5.37. The number of rotatable bonds is 11. The Morgan fingerprint density at radius 3 is 2.26 bits per heavy atom. The van der Waals surface area contributed by atoms with Gasteiger partial charge in [0.05, 0.1) is 16.9 Å². The van der Waals surface area contributed by atoms with E-state index in [0.29, 0.717) is 6.54 Å². The Labute approximate surface area is 199 Å². The van der Waals surface area contributed by atoms with E-state index in [1.807, 2.05) is 19.9 Å². The molecule has 0 aliphatic rings. The van der Waals surface area contributed by atoms with E-state index in [2.05, 4.69) is 5.32 Å². The second-order valence-electron chi connectivity index (χ2n) is 8.37. The van der Waals surface area contributed by atoms with Gasteiger partial charge in [0.2, 0.25) is 21.8 Å². The number of hydrogen-bond donors (Lipinski definition) is 1. The van der Waals surface area contributed by atoms with Crippen molar-refractivity contribution in [2.75, 3.05) is 23.7 Å². The molecule has 1 atom stereocenters. The van der Waals surface area contributed by atoms with Gasteiger partial charge in [-0.25, -0.2) is 8.42 Å². The molecular weight excluding hydrogens is 460 g/mol. The van der Waals surface area contributed by atoms with Gasteiger partial charge in [0, 0.05) is 25.2 Å². The Bertz CT molecular complexity index is 1120. The van der Waals surface area contributed by atoms with Crippen molar-refractivity contribution in [3.8, 4) is 0 Å². The number of sulfonamides is 1. The number of amides is 2. The first-order chi connectivity index (χ1) is 15.9. The quantitative estimate of drug-likeness (QED) is 0.381. The first kappa shape index (κ1) is 26.8. The fourth-order valence-corrected chi connectivity index (χ4v) is 4.03. The lowest BCUT2D eigenvalue weighted by atomic mass is 10.1. The lowest BCUT2D eigenvalue weighted by molar-refractivity contribution is -0.384. The second kappa shape index (κ2) is 11.6. The minimum Gasteiger partial charge on any atom is -0.354 e. The minimum atomic E-state index is -3.97. The monoisotopic (exact) mass is 490 g/mol. The molecule has 11 heteroatoms. The number of benzene rings is 2. The zero-order valence-electron chi connectivity index (χ0n) is 19.7. The number of hydrogen-bond acceptors (Lipinski definition) is 6. The van der Waals surface area contributed by atoms with Crippen molar-refractivity contribution in [2.45, 2.75) is 33.4 Å². The van der Waals surface area contributed by atoms with E-state index in [4.69, 9.17) is 0 Å². The molecule has 10 nitrogen and oxygen atoms in total. The van der Waals surface area contributed by atoms with Crippen LogP contribution in [0, 0.1) is 16.0 Å². The molecule has 2 rings (SSSR count). The fraction of sp³-hybridized carbons (Fsp3) is 0.391. The summed E-state index contributed by atoms with van der Waals surface area (Å²) in [6, 6.07) is 13.2. The molecule has 2 amide bonds. The lowest BCUT2D eigenvalue weighted by Crippen LogP contribution is -2.51. The Hall–Kier alpha value is -3.47. The largest absolute Gasteiger partial charge is 0.354 e. The predicted octanol–water partition coefficient (Wildman–Crippen LogP) is 2.55. The van der Waals surface area contributed by atoms with Gasteiger partial charge in [-0.1, -0.05) is 50.2 Å². The van der Waals surface area contributed by atoms with Crippen molar-refractivity contribution in [2.24, 2.45) is 5.92 Å². The summed E-state index contributed by atoms with van der Waals surface area (Å²) in [6.07, 6.45) is 0.916. The van der Waals surface area contributed by atoms with Crippen molar-refractivity contribution < 1.29 is 22.9 Å². The third-order valence-corrected chi connectivity index (χ3v) is 6.20. The van der Waals surface area contributed by atoms with Gasteiger partial charge in [-0.05, 0) is 24.5 Å². The average Bonchev–Trinajstić information content (AvgIpc) is 2.78. The highest BCUT2D eigenvalue weighted by Crippen LogP contribution is 2.23. The number of carbonyl (C=O) groups is 2. The van der Waals surface area contributed by atoms with E-state index in [-0.39, 0.29) is 29.7 Å². The van der Waals surface area contributed by atoms with E-state index in [0.717, 1.165) is 22.2 Å². The third kappa shape index (κ3) is 7.55. The van der Waals surface area contributed by atoms with Crippen LogP contribution in [0.3, 0.4) is 0 Å². The first-order valence-electron chi connectivity index (χ1n) is 10.7. The smallest absolute Gasteiger partial charge is 0.271 e. The highest BCUT2D eigenvalue weighted by molar-refractivity contribution is 7.92. The molecule has 0 aliphatic heterocycles. The molecule has 0 unspecified atom stereocenters. The van der Waals surface area contributed by atoms with Gasteiger partial charge in [0.15, 0.2) is 0 Å². The van der Waals surface area contributed by atoms with Crippen molar-refractivity contribution in [3.63, 3.8) is 0 Å². The number of non-ortho nitro benzene ring substituents is 1. The maximum Gasteiger partial charge on any atom is 0.271 e. The Morgan fingerprint density at radius 2 is 1.71 bits per heavy atom. The Kier molecular flexibility index (Phi) is 9.13. The van der Waals surface area contributed by atoms with E-state index in [1.54, 1.807) is 31.2 Å². The maximum atomic E-state index is 13.4. The molecule has 0 radical (unpaired) electrons. The number of nitrogens with one attached hydrogen (secondary N) is 1. The van der Waals surface area contributed by atoms with Gasteiger partial charge < -0.3 is 10.2 Å². The molecule has 0 spiro atoms. The van der Waals surface area contributed by atoms with Crippen LogP contribution in [0.15, 0.2) is 54.6 Å². The molecule has 0 bridgehead atoms. The van der Waals surface area contributed by atoms with Gasteiger partial charge in [0.25, 0.3) is 5.69 Å². The number of nitrogens with zero attached hydrogens (tertiary/aromatic N) is 3. The summed E-state index contributed by atoms with van der Waals surface area (Å²) < 4.78 is 25.8. The fourth-order valence-electron chi connectivity index (χ4n) is 3.19. The van der Waals surface area contributed by atoms with Crippen LogP contribution >= 0.6 is 0 Å². The summed E-state index contributed by atoms with van der Waals surface area (Å²) in [5, 5.41) is 13.9. The molecule has 0 saturated heterocycles. The van der Waals surface area contributed by atoms with E-state index in [1.165, 1.54) is 23.1 Å². The molecular formula is C23H30N4O6S. The maximum absolute atomic E-state index is 13.4. The zero-order valence-corrected chi connectivity index (χ0v) is 20.5. The second-order valence-corrected chi connectivity index (χ2v) is 10.3. The van der Waals surface area contributed by atoms with Crippen molar-refractivity contribution >= 4 is 33.2 Å². The Balaban J connectivity index is 2.38. The summed E-state index contributed by atoms with van der Waals surface area (Å²) in [7, 11) is -3.97. The standard InChI is InChI=1S/C23H30N4O6S/c1-17(2)14-24-23(29)18(3)25(15-19-9-6-5-7-10-19)22(28)16-26(34(4,32)33)20-11-8-12-21(13-20)27(30)31/h5-13,17-18H,14-16H2,1-4H3,(H,24,29)/t18-/m0/s1. The minimum absolute atomic E-state index is 0.0124. The van der Waals surface area contributed by atoms with E-state index < -0.39 is 33.4 Å². The van der Waals surface area contributed by atoms with Crippen molar-refractivity contribution in [3.05, 3.63) is 70.3 Å². The topological polar surface area (TPSA) is 130 Å². The number of carbonyl (C=O) groups excluding carboxylic acids is 2. The molecule has 2 aromatic carbocycles. The zero-order chi connectivity index (χ0) is 25.5. The molecule has 0 heterocycles. The molecule has 0 aliphatic carbocycles.